The molecule has 2 unspecified atom stereocenters. The third-order valence-corrected chi connectivity index (χ3v) is 12.0. The van der Waals surface area contributed by atoms with E-state index in [9.17, 15) is 5.11 Å². The summed E-state index contributed by atoms with van der Waals surface area (Å²) in [6, 6.07) is 22.3. The molecule has 0 amide bonds. The van der Waals surface area contributed by atoms with E-state index in [0.717, 1.165) is 49.0 Å². The zero-order chi connectivity index (χ0) is 27.5. The van der Waals surface area contributed by atoms with E-state index in [-0.39, 0.29) is 12.1 Å². The van der Waals surface area contributed by atoms with E-state index in [0.29, 0.717) is 6.42 Å². The molecule has 6 aliphatic rings. The number of aromatic amines is 1. The van der Waals surface area contributed by atoms with Gasteiger partial charge in [0.2, 0.25) is 0 Å². The standard InChI is InChI=1S/C37H32N2O3/c1-41-28-12-11-20-15-29-37(40)17-27-26-16-25-22-6-3-2-5-21(22)23-7-4-8-24(30(23)25)32(26)38-33(27)35-36(37,31(20)34(28)42-35)13-14-39(29)18-19-9-10-19/h2-8,11-12,16,19,29,35,38,40H,9-10,13-15,17-18H2,1H3/t29-,35?,36+,37?/m1/s1. The topological polar surface area (TPSA) is 57.7 Å². The molecule has 208 valence electrons. The van der Waals surface area contributed by atoms with Gasteiger partial charge >= 0.3 is 0 Å². The molecule has 5 aromatic rings. The molecule has 2 aliphatic heterocycles. The van der Waals surface area contributed by atoms with Crippen LogP contribution in [-0.2, 0) is 18.3 Å². The number of piperidine rings is 1. The van der Waals surface area contributed by atoms with Crippen molar-refractivity contribution in [2.75, 3.05) is 20.2 Å². The maximum atomic E-state index is 13.3. The minimum atomic E-state index is -0.924. The van der Waals surface area contributed by atoms with Gasteiger partial charge in [-0.2, -0.15) is 0 Å². The molecule has 1 saturated carbocycles. The molecule has 2 fully saturated rings. The number of nitrogens with zero attached hydrogens (tertiary/aromatic N) is 1. The number of hydrogen-bond acceptors (Lipinski definition) is 4. The second-order valence-corrected chi connectivity index (χ2v) is 13.7. The second kappa shape index (κ2) is 7.21. The summed E-state index contributed by atoms with van der Waals surface area (Å²) in [6.45, 7) is 2.10. The average Bonchev–Trinajstić information content (AvgIpc) is 3.53. The fourth-order valence-corrected chi connectivity index (χ4v) is 10.1. The van der Waals surface area contributed by atoms with Gasteiger partial charge < -0.3 is 19.6 Å². The van der Waals surface area contributed by atoms with Gasteiger partial charge in [-0.1, -0.05) is 48.5 Å². The van der Waals surface area contributed by atoms with E-state index in [1.54, 1.807) is 7.11 Å². The number of ether oxygens (including phenoxy) is 2. The van der Waals surface area contributed by atoms with Gasteiger partial charge in [0, 0.05) is 35.3 Å². The first-order valence-electron chi connectivity index (χ1n) is 15.6. The number of benzene rings is 4. The van der Waals surface area contributed by atoms with Crippen LogP contribution in [0.15, 0.2) is 60.7 Å². The summed E-state index contributed by atoms with van der Waals surface area (Å²) in [5.74, 6) is 2.41. The van der Waals surface area contributed by atoms with Crippen molar-refractivity contribution in [3.63, 3.8) is 0 Å². The van der Waals surface area contributed by atoms with Gasteiger partial charge in [0.05, 0.1) is 29.3 Å². The molecule has 2 bridgehead atoms. The number of H-pyrrole nitrogens is 1. The Kier molecular flexibility index (Phi) is 3.91. The van der Waals surface area contributed by atoms with Gasteiger partial charge in [-0.15, -0.1) is 0 Å². The van der Waals surface area contributed by atoms with Crippen LogP contribution >= 0.6 is 0 Å². The van der Waals surface area contributed by atoms with Crippen molar-refractivity contribution in [3.8, 4) is 33.8 Å². The molecule has 3 heterocycles. The molecule has 2 N–H and O–H groups in total. The zero-order valence-electron chi connectivity index (χ0n) is 23.7. The summed E-state index contributed by atoms with van der Waals surface area (Å²) in [6.07, 6.45) is 4.76. The molecule has 5 nitrogen and oxygen atoms in total. The van der Waals surface area contributed by atoms with E-state index in [1.165, 1.54) is 73.5 Å². The summed E-state index contributed by atoms with van der Waals surface area (Å²) < 4.78 is 12.9. The molecule has 5 heteroatoms. The van der Waals surface area contributed by atoms with Crippen molar-refractivity contribution in [3.05, 3.63) is 83.0 Å². The Balaban J connectivity index is 1.21. The smallest absolute Gasteiger partial charge is 0.166 e. The molecule has 0 radical (unpaired) electrons. The van der Waals surface area contributed by atoms with Crippen LogP contribution in [0.2, 0.25) is 0 Å². The number of likely N-dealkylation sites (tertiary alicyclic amines) is 1. The van der Waals surface area contributed by atoms with Gasteiger partial charge in [-0.05, 0) is 89.0 Å². The van der Waals surface area contributed by atoms with Crippen LogP contribution in [0, 0.1) is 5.92 Å². The Hall–Kier alpha value is -3.80. The molecule has 4 aromatic carbocycles. The predicted molar refractivity (Wildman–Crippen MR) is 163 cm³/mol. The lowest BCUT2D eigenvalue weighted by Crippen LogP contribution is -2.74. The maximum absolute atomic E-state index is 13.3. The van der Waals surface area contributed by atoms with Crippen molar-refractivity contribution in [2.45, 2.75) is 55.3 Å². The van der Waals surface area contributed by atoms with Crippen LogP contribution in [0.25, 0.3) is 43.9 Å². The van der Waals surface area contributed by atoms with Crippen LogP contribution in [0.4, 0.5) is 0 Å². The first-order chi connectivity index (χ1) is 20.6. The molecular weight excluding hydrogens is 520 g/mol. The van der Waals surface area contributed by atoms with Gasteiger partial charge in [0.15, 0.2) is 17.6 Å². The highest BCUT2D eigenvalue weighted by Gasteiger charge is 2.73. The molecular formula is C37H32N2O3. The highest BCUT2D eigenvalue weighted by atomic mass is 16.5. The molecule has 11 rings (SSSR count). The molecule has 1 aromatic heterocycles. The van der Waals surface area contributed by atoms with Gasteiger partial charge in [0.1, 0.15) is 0 Å². The summed E-state index contributed by atoms with van der Waals surface area (Å²) in [7, 11) is 1.73. The third-order valence-electron chi connectivity index (χ3n) is 12.0. The first kappa shape index (κ1) is 22.8. The number of rotatable bonds is 3. The fraction of sp³-hybridized carbons (Fsp3) is 0.351. The molecule has 42 heavy (non-hydrogen) atoms. The van der Waals surface area contributed by atoms with E-state index >= 15 is 0 Å². The number of aromatic nitrogens is 1. The van der Waals surface area contributed by atoms with Crippen molar-refractivity contribution < 1.29 is 14.6 Å². The van der Waals surface area contributed by atoms with Gasteiger partial charge in [0.25, 0.3) is 0 Å². The first-order valence-corrected chi connectivity index (χ1v) is 15.6. The molecule has 4 atom stereocenters. The van der Waals surface area contributed by atoms with Crippen LogP contribution in [0.5, 0.6) is 11.5 Å². The van der Waals surface area contributed by atoms with E-state index in [2.05, 4.69) is 70.5 Å². The molecule has 1 spiro atoms. The zero-order valence-corrected chi connectivity index (χ0v) is 23.7. The maximum Gasteiger partial charge on any atom is 0.166 e. The largest absolute Gasteiger partial charge is 0.493 e. The monoisotopic (exact) mass is 552 g/mol. The van der Waals surface area contributed by atoms with Crippen molar-refractivity contribution in [1.82, 2.24) is 9.88 Å². The number of fused-ring (bicyclic) bond motifs is 8. The summed E-state index contributed by atoms with van der Waals surface area (Å²) in [5.41, 5.74) is 9.89. The fourth-order valence-electron chi connectivity index (χ4n) is 10.1. The highest BCUT2D eigenvalue weighted by molar-refractivity contribution is 6.23. The van der Waals surface area contributed by atoms with E-state index in [4.69, 9.17) is 9.47 Å². The van der Waals surface area contributed by atoms with E-state index in [1.807, 2.05) is 0 Å². The number of hydrogen-bond donors (Lipinski definition) is 2. The number of aliphatic hydroxyl groups is 1. The summed E-state index contributed by atoms with van der Waals surface area (Å²) >= 11 is 0. The Morgan fingerprint density at radius 1 is 1.00 bits per heavy atom. The SMILES string of the molecule is COc1ccc2c3c1OC1c4[nH]c5c(cc6c7c(cccc75)-c5ccccc5-6)c4CC4(O)[C@@H](C2)N(CC2CC2)CC[C@]314. The Morgan fingerprint density at radius 2 is 1.83 bits per heavy atom. The van der Waals surface area contributed by atoms with Crippen LogP contribution in [-0.4, -0.2) is 46.8 Å². The van der Waals surface area contributed by atoms with Crippen molar-refractivity contribution in [2.24, 2.45) is 5.92 Å². The normalized spacial score (nSPS) is 29.4. The summed E-state index contributed by atoms with van der Waals surface area (Å²) in [4.78, 5) is 6.60. The average molecular weight is 553 g/mol. The second-order valence-electron chi connectivity index (χ2n) is 13.7. The van der Waals surface area contributed by atoms with Crippen LogP contribution in [0.1, 0.15) is 47.8 Å². The Bertz CT molecular complexity index is 2060. The number of methoxy groups -OCH3 is 1. The predicted octanol–water partition coefficient (Wildman–Crippen LogP) is 6.68. The van der Waals surface area contributed by atoms with Crippen molar-refractivity contribution in [1.29, 1.82) is 0 Å². The van der Waals surface area contributed by atoms with Gasteiger partial charge in [-0.3, -0.25) is 4.90 Å². The molecule has 1 saturated heterocycles. The Morgan fingerprint density at radius 3 is 2.67 bits per heavy atom. The lowest BCUT2D eigenvalue weighted by molar-refractivity contribution is -0.173. The third kappa shape index (κ3) is 2.38. The lowest BCUT2D eigenvalue weighted by Gasteiger charge is -2.62. The van der Waals surface area contributed by atoms with Crippen LogP contribution < -0.4 is 9.47 Å². The lowest BCUT2D eigenvalue weighted by atomic mass is 9.49. The minimum absolute atomic E-state index is 0.0748. The van der Waals surface area contributed by atoms with Crippen LogP contribution in [0.3, 0.4) is 0 Å². The van der Waals surface area contributed by atoms with Crippen molar-refractivity contribution >= 4 is 21.7 Å². The summed E-state index contributed by atoms with van der Waals surface area (Å²) in [5, 5.41) is 17.1. The highest BCUT2D eigenvalue weighted by Crippen LogP contribution is 2.69. The quantitative estimate of drug-likeness (QED) is 0.257. The minimum Gasteiger partial charge on any atom is -0.493 e. The van der Waals surface area contributed by atoms with E-state index < -0.39 is 11.0 Å². The Labute approximate surface area is 244 Å². The number of nitrogens with one attached hydrogen (secondary N) is 1. The van der Waals surface area contributed by atoms with Gasteiger partial charge in [-0.25, -0.2) is 0 Å². The molecule has 4 aliphatic carbocycles.